The van der Waals surface area contributed by atoms with Gasteiger partial charge in [-0.25, -0.2) is 0 Å². The molecule has 1 aromatic rings. The fourth-order valence-corrected chi connectivity index (χ4v) is 2.25. The van der Waals surface area contributed by atoms with E-state index in [1.54, 1.807) is 0 Å². The molecule has 19 heavy (non-hydrogen) atoms. The lowest BCUT2D eigenvalue weighted by Gasteiger charge is -2.37. The Morgan fingerprint density at radius 1 is 1.32 bits per heavy atom. The Hall–Kier alpha value is -1.06. The van der Waals surface area contributed by atoms with Gasteiger partial charge in [-0.15, -0.1) is 12.4 Å². The van der Waals surface area contributed by atoms with Crippen LogP contribution in [0.1, 0.15) is 38.7 Å². The minimum Gasteiger partial charge on any atom is -0.354 e. The Kier molecular flexibility index (Phi) is 4.99. The van der Waals surface area contributed by atoms with Crippen molar-refractivity contribution in [3.8, 4) is 0 Å². The number of rotatable bonds is 4. The van der Waals surface area contributed by atoms with Crippen LogP contribution < -0.4 is 11.1 Å². The van der Waals surface area contributed by atoms with Crippen LogP contribution in [0, 0.1) is 0 Å². The molecule has 106 valence electrons. The van der Waals surface area contributed by atoms with Crippen molar-refractivity contribution in [2.24, 2.45) is 5.73 Å². The third-order valence-electron chi connectivity index (χ3n) is 3.94. The van der Waals surface area contributed by atoms with Crippen LogP contribution in [0.5, 0.6) is 0 Å². The van der Waals surface area contributed by atoms with Crippen molar-refractivity contribution in [3.63, 3.8) is 0 Å². The van der Waals surface area contributed by atoms with Crippen LogP contribution in [0.4, 0.5) is 0 Å². The minimum atomic E-state index is -0.604. The quantitative estimate of drug-likeness (QED) is 0.891. The second-order valence-electron chi connectivity index (χ2n) is 5.94. The first-order chi connectivity index (χ1) is 8.44. The Morgan fingerprint density at radius 2 is 1.89 bits per heavy atom. The van der Waals surface area contributed by atoms with Crippen molar-refractivity contribution in [1.82, 2.24) is 5.32 Å². The van der Waals surface area contributed by atoms with Crippen molar-refractivity contribution >= 4 is 18.3 Å². The van der Waals surface area contributed by atoms with E-state index in [2.05, 4.69) is 31.3 Å². The molecular weight excluding hydrogens is 260 g/mol. The minimum absolute atomic E-state index is 0. The molecule has 0 bridgehead atoms. The first kappa shape index (κ1) is 16.0. The summed E-state index contributed by atoms with van der Waals surface area (Å²) in [6.45, 7) is 4.88. The average molecular weight is 283 g/mol. The molecule has 1 fully saturated rings. The van der Waals surface area contributed by atoms with Crippen LogP contribution in [-0.4, -0.2) is 18.0 Å². The summed E-state index contributed by atoms with van der Waals surface area (Å²) in [7, 11) is 0. The summed E-state index contributed by atoms with van der Waals surface area (Å²) >= 11 is 0. The van der Waals surface area contributed by atoms with E-state index in [0.717, 1.165) is 19.3 Å². The molecule has 0 aliphatic heterocycles. The molecule has 0 saturated heterocycles. The van der Waals surface area contributed by atoms with Gasteiger partial charge in [-0.3, -0.25) is 4.79 Å². The molecule has 1 amide bonds. The van der Waals surface area contributed by atoms with Gasteiger partial charge in [-0.1, -0.05) is 44.2 Å². The molecule has 0 heterocycles. The van der Waals surface area contributed by atoms with E-state index < -0.39 is 5.54 Å². The van der Waals surface area contributed by atoms with Gasteiger partial charge in [-0.2, -0.15) is 0 Å². The molecule has 0 spiro atoms. The van der Waals surface area contributed by atoms with Crippen LogP contribution >= 0.6 is 12.4 Å². The number of benzene rings is 1. The van der Waals surface area contributed by atoms with Gasteiger partial charge < -0.3 is 11.1 Å². The van der Waals surface area contributed by atoms with Crippen molar-refractivity contribution in [3.05, 3.63) is 35.9 Å². The average Bonchev–Trinajstić information content (AvgIpc) is 2.34. The van der Waals surface area contributed by atoms with Gasteiger partial charge in [0, 0.05) is 12.0 Å². The summed E-state index contributed by atoms with van der Waals surface area (Å²) in [6.07, 6.45) is 2.68. The molecule has 0 radical (unpaired) electrons. The topological polar surface area (TPSA) is 55.1 Å². The maximum Gasteiger partial charge on any atom is 0.240 e. The first-order valence-electron chi connectivity index (χ1n) is 6.57. The fourth-order valence-electron chi connectivity index (χ4n) is 2.25. The third-order valence-corrected chi connectivity index (χ3v) is 3.94. The van der Waals surface area contributed by atoms with E-state index in [9.17, 15) is 4.79 Å². The van der Waals surface area contributed by atoms with E-state index in [-0.39, 0.29) is 23.7 Å². The molecule has 1 aliphatic carbocycles. The van der Waals surface area contributed by atoms with Crippen molar-refractivity contribution < 1.29 is 4.79 Å². The van der Waals surface area contributed by atoms with Gasteiger partial charge in [-0.05, 0) is 24.8 Å². The Morgan fingerprint density at radius 3 is 2.37 bits per heavy atom. The van der Waals surface area contributed by atoms with Crippen molar-refractivity contribution in [1.29, 1.82) is 0 Å². The van der Waals surface area contributed by atoms with Crippen molar-refractivity contribution in [2.75, 3.05) is 6.54 Å². The zero-order chi connectivity index (χ0) is 13.2. The zero-order valence-corrected chi connectivity index (χ0v) is 12.4. The summed E-state index contributed by atoms with van der Waals surface area (Å²) in [4.78, 5) is 12.0. The smallest absolute Gasteiger partial charge is 0.240 e. The van der Waals surface area contributed by atoms with Crippen molar-refractivity contribution in [2.45, 2.75) is 44.1 Å². The maximum atomic E-state index is 12.0. The van der Waals surface area contributed by atoms with E-state index in [0.29, 0.717) is 6.54 Å². The third kappa shape index (κ3) is 3.48. The predicted molar refractivity (Wildman–Crippen MR) is 80.5 cm³/mol. The molecule has 0 aromatic heterocycles. The summed E-state index contributed by atoms with van der Waals surface area (Å²) in [6, 6.07) is 10.2. The lowest BCUT2D eigenvalue weighted by molar-refractivity contribution is -0.129. The van der Waals surface area contributed by atoms with Gasteiger partial charge in [0.2, 0.25) is 5.91 Å². The predicted octanol–water partition coefficient (Wildman–Crippen LogP) is 2.38. The molecular formula is C15H23ClN2O. The molecule has 3 nitrogen and oxygen atoms in total. The van der Waals surface area contributed by atoms with Crippen LogP contribution in [0.2, 0.25) is 0 Å². The van der Waals surface area contributed by atoms with E-state index in [1.165, 1.54) is 5.56 Å². The molecule has 0 atom stereocenters. The number of halogens is 1. The Bertz CT molecular complexity index is 427. The standard InChI is InChI=1S/C15H22N2O.ClH/c1-14(2,12-7-4-3-5-8-12)11-17-13(18)15(16)9-6-10-15;/h3-5,7-8H,6,9-11,16H2,1-2H3,(H,17,18);1H. The van der Waals surface area contributed by atoms with Gasteiger partial charge in [0.25, 0.3) is 0 Å². The highest BCUT2D eigenvalue weighted by atomic mass is 35.5. The monoisotopic (exact) mass is 282 g/mol. The SMILES string of the molecule is CC(C)(CNC(=O)C1(N)CCC1)c1ccccc1.Cl. The molecule has 1 aliphatic rings. The lowest BCUT2D eigenvalue weighted by Crippen LogP contribution is -2.59. The zero-order valence-electron chi connectivity index (χ0n) is 11.6. The molecule has 3 N–H and O–H groups in total. The Labute approximate surface area is 121 Å². The number of amides is 1. The van der Waals surface area contributed by atoms with Crippen LogP contribution in [0.3, 0.4) is 0 Å². The van der Waals surface area contributed by atoms with Gasteiger partial charge in [0.05, 0.1) is 5.54 Å². The second-order valence-corrected chi connectivity index (χ2v) is 5.94. The molecule has 2 rings (SSSR count). The number of hydrogen-bond donors (Lipinski definition) is 2. The molecule has 0 unspecified atom stereocenters. The summed E-state index contributed by atoms with van der Waals surface area (Å²) < 4.78 is 0. The van der Waals surface area contributed by atoms with E-state index >= 15 is 0 Å². The normalized spacial score (nSPS) is 17.0. The highest BCUT2D eigenvalue weighted by molar-refractivity contribution is 5.87. The number of nitrogens with one attached hydrogen (secondary N) is 1. The van der Waals surface area contributed by atoms with Gasteiger partial charge in [0.1, 0.15) is 0 Å². The maximum absolute atomic E-state index is 12.0. The second kappa shape index (κ2) is 5.93. The van der Waals surface area contributed by atoms with Crippen LogP contribution in [-0.2, 0) is 10.2 Å². The highest BCUT2D eigenvalue weighted by Crippen LogP contribution is 2.29. The fraction of sp³-hybridized carbons (Fsp3) is 0.533. The highest BCUT2D eigenvalue weighted by Gasteiger charge is 2.40. The van der Waals surface area contributed by atoms with E-state index in [4.69, 9.17) is 5.73 Å². The Balaban J connectivity index is 0.00000180. The summed E-state index contributed by atoms with van der Waals surface area (Å²) in [5.74, 6) is -0.00208. The van der Waals surface area contributed by atoms with Crippen LogP contribution in [0.15, 0.2) is 30.3 Å². The van der Waals surface area contributed by atoms with Gasteiger partial charge in [0.15, 0.2) is 0 Å². The van der Waals surface area contributed by atoms with Gasteiger partial charge >= 0.3 is 0 Å². The lowest BCUT2D eigenvalue weighted by atomic mass is 9.76. The summed E-state index contributed by atoms with van der Waals surface area (Å²) in [5, 5.41) is 3.00. The number of hydrogen-bond acceptors (Lipinski definition) is 2. The molecule has 4 heteroatoms. The molecule has 1 saturated carbocycles. The number of nitrogens with two attached hydrogens (primary N) is 1. The summed E-state index contributed by atoms with van der Waals surface area (Å²) in [5.41, 5.74) is 6.55. The number of carbonyl (C=O) groups excluding carboxylic acids is 1. The molecule has 1 aromatic carbocycles. The van der Waals surface area contributed by atoms with E-state index in [1.807, 2.05) is 18.2 Å². The number of carbonyl (C=O) groups is 1. The van der Waals surface area contributed by atoms with Crippen LogP contribution in [0.25, 0.3) is 0 Å². The largest absolute Gasteiger partial charge is 0.354 e. The first-order valence-corrected chi connectivity index (χ1v) is 6.57.